The first-order chi connectivity index (χ1) is 9.48. The van der Waals surface area contributed by atoms with Crippen molar-refractivity contribution in [3.8, 4) is 0 Å². The summed E-state index contributed by atoms with van der Waals surface area (Å²) in [6, 6.07) is 4.33. The van der Waals surface area contributed by atoms with E-state index < -0.39 is 11.4 Å². The number of hydrogen-bond acceptors (Lipinski definition) is 2. The number of aliphatic hydroxyl groups excluding tert-OH is 1. The Morgan fingerprint density at radius 1 is 1.45 bits per heavy atom. The third kappa shape index (κ3) is 4.05. The molecule has 1 aromatic rings. The lowest BCUT2D eigenvalue weighted by Gasteiger charge is -2.30. The zero-order chi connectivity index (χ0) is 15.2. The third-order valence-corrected chi connectivity index (χ3v) is 3.78. The molecule has 110 valence electrons. The Labute approximate surface area is 123 Å². The number of amides is 1. The molecule has 5 heteroatoms. The zero-order valence-corrected chi connectivity index (χ0v) is 12.4. The van der Waals surface area contributed by atoms with Gasteiger partial charge in [0, 0.05) is 11.6 Å². The van der Waals surface area contributed by atoms with Crippen LogP contribution in [0.1, 0.15) is 32.3 Å². The molecule has 1 amide bonds. The second-order valence-corrected chi connectivity index (χ2v) is 5.01. The third-order valence-electron chi connectivity index (χ3n) is 3.45. The van der Waals surface area contributed by atoms with Crippen molar-refractivity contribution in [1.29, 1.82) is 0 Å². The Morgan fingerprint density at radius 3 is 2.60 bits per heavy atom. The Bertz CT molecular complexity index is 470. The number of carbonyl (C=O) groups is 1. The minimum atomic E-state index is -0.638. The van der Waals surface area contributed by atoms with Crippen molar-refractivity contribution >= 4 is 23.6 Å². The molecule has 0 radical (unpaired) electrons. The van der Waals surface area contributed by atoms with Gasteiger partial charge in [-0.05, 0) is 31.1 Å². The first-order valence-corrected chi connectivity index (χ1v) is 6.91. The van der Waals surface area contributed by atoms with Gasteiger partial charge < -0.3 is 10.4 Å². The van der Waals surface area contributed by atoms with Gasteiger partial charge in [0.05, 0.1) is 17.2 Å². The van der Waals surface area contributed by atoms with Crippen LogP contribution in [0.15, 0.2) is 24.3 Å². The second-order valence-electron chi connectivity index (χ2n) is 4.60. The lowest BCUT2D eigenvalue weighted by molar-refractivity contribution is -0.119. The fraction of sp³-hybridized carbons (Fsp3) is 0.400. The summed E-state index contributed by atoms with van der Waals surface area (Å²) in [5, 5.41) is 12.4. The number of carbonyl (C=O) groups excluding carboxylic acids is 1. The van der Waals surface area contributed by atoms with E-state index in [1.165, 1.54) is 24.3 Å². The molecule has 20 heavy (non-hydrogen) atoms. The molecule has 1 rings (SSSR count). The van der Waals surface area contributed by atoms with Gasteiger partial charge in [-0.2, -0.15) is 0 Å². The normalized spacial score (nSPS) is 11.8. The molecule has 2 N–H and O–H groups in total. The maximum absolute atomic E-state index is 13.5. The van der Waals surface area contributed by atoms with Crippen LogP contribution < -0.4 is 5.32 Å². The summed E-state index contributed by atoms with van der Waals surface area (Å²) in [4.78, 5) is 11.9. The fourth-order valence-electron chi connectivity index (χ4n) is 1.82. The number of rotatable bonds is 6. The van der Waals surface area contributed by atoms with Crippen LogP contribution in [0.4, 0.5) is 4.39 Å². The number of nitrogens with one attached hydrogen (secondary N) is 1. The van der Waals surface area contributed by atoms with Crippen molar-refractivity contribution in [2.24, 2.45) is 0 Å². The minimum Gasteiger partial charge on any atom is -0.394 e. The summed E-state index contributed by atoms with van der Waals surface area (Å²) in [7, 11) is 0. The SMILES string of the molecule is CCC(CC)(CO)NC(=O)C=Cc1c(F)cccc1Cl. The average molecular weight is 300 g/mol. The van der Waals surface area contributed by atoms with E-state index in [2.05, 4.69) is 5.32 Å². The van der Waals surface area contributed by atoms with Crippen molar-refractivity contribution in [2.75, 3.05) is 6.61 Å². The molecule has 0 atom stereocenters. The molecule has 0 bridgehead atoms. The molecule has 0 saturated heterocycles. The van der Waals surface area contributed by atoms with Crippen LogP contribution in [0, 0.1) is 5.82 Å². The van der Waals surface area contributed by atoms with E-state index in [1.54, 1.807) is 6.07 Å². The fourth-order valence-corrected chi connectivity index (χ4v) is 2.05. The summed E-state index contributed by atoms with van der Waals surface area (Å²) < 4.78 is 13.5. The van der Waals surface area contributed by atoms with Gasteiger partial charge in [0.1, 0.15) is 5.82 Å². The van der Waals surface area contributed by atoms with Crippen LogP contribution in [0.5, 0.6) is 0 Å². The van der Waals surface area contributed by atoms with Gasteiger partial charge in [0.15, 0.2) is 0 Å². The molecule has 0 fully saturated rings. The topological polar surface area (TPSA) is 49.3 Å². The summed E-state index contributed by atoms with van der Waals surface area (Å²) in [6.45, 7) is 3.63. The van der Waals surface area contributed by atoms with Crippen LogP contribution in [0.25, 0.3) is 6.08 Å². The van der Waals surface area contributed by atoms with Gasteiger partial charge in [0.2, 0.25) is 5.91 Å². The van der Waals surface area contributed by atoms with E-state index in [0.717, 1.165) is 0 Å². The molecule has 0 aliphatic rings. The molecule has 3 nitrogen and oxygen atoms in total. The largest absolute Gasteiger partial charge is 0.394 e. The molecular formula is C15H19ClFNO2. The van der Waals surface area contributed by atoms with Gasteiger partial charge in [-0.15, -0.1) is 0 Å². The highest BCUT2D eigenvalue weighted by Gasteiger charge is 2.26. The van der Waals surface area contributed by atoms with Crippen molar-refractivity contribution in [3.63, 3.8) is 0 Å². The van der Waals surface area contributed by atoms with Gasteiger partial charge in [-0.1, -0.05) is 31.5 Å². The van der Waals surface area contributed by atoms with Gasteiger partial charge in [-0.3, -0.25) is 4.79 Å². The van der Waals surface area contributed by atoms with Gasteiger partial charge >= 0.3 is 0 Å². The number of hydrogen-bond donors (Lipinski definition) is 2. The molecule has 0 saturated carbocycles. The smallest absolute Gasteiger partial charge is 0.244 e. The molecule has 0 aliphatic carbocycles. The number of benzene rings is 1. The highest BCUT2D eigenvalue weighted by molar-refractivity contribution is 6.32. The molecular weight excluding hydrogens is 281 g/mol. The summed E-state index contributed by atoms with van der Waals surface area (Å²) >= 11 is 5.86. The highest BCUT2D eigenvalue weighted by atomic mass is 35.5. The van der Waals surface area contributed by atoms with Crippen molar-refractivity contribution in [2.45, 2.75) is 32.2 Å². The molecule has 0 unspecified atom stereocenters. The molecule has 1 aromatic carbocycles. The summed E-state index contributed by atoms with van der Waals surface area (Å²) in [5.41, 5.74) is -0.465. The van der Waals surface area contributed by atoms with E-state index in [-0.39, 0.29) is 23.1 Å². The van der Waals surface area contributed by atoms with Gasteiger partial charge in [-0.25, -0.2) is 4.39 Å². The van der Waals surface area contributed by atoms with Gasteiger partial charge in [0.25, 0.3) is 0 Å². The first kappa shape index (κ1) is 16.7. The van der Waals surface area contributed by atoms with Crippen molar-refractivity contribution in [1.82, 2.24) is 5.32 Å². The molecule has 0 aliphatic heterocycles. The number of aliphatic hydroxyl groups is 1. The summed E-state index contributed by atoms with van der Waals surface area (Å²) in [5.74, 6) is -0.872. The van der Waals surface area contributed by atoms with Crippen LogP contribution in [-0.4, -0.2) is 23.2 Å². The molecule has 0 aromatic heterocycles. The Morgan fingerprint density at radius 2 is 2.10 bits per heavy atom. The second kappa shape index (κ2) is 7.41. The van der Waals surface area contributed by atoms with Crippen LogP contribution in [-0.2, 0) is 4.79 Å². The Kier molecular flexibility index (Phi) is 6.17. The Hall–Kier alpha value is -1.39. The van der Waals surface area contributed by atoms with Crippen molar-refractivity contribution in [3.05, 3.63) is 40.7 Å². The van der Waals surface area contributed by atoms with Crippen LogP contribution in [0.2, 0.25) is 5.02 Å². The lowest BCUT2D eigenvalue weighted by Crippen LogP contribution is -2.49. The highest BCUT2D eigenvalue weighted by Crippen LogP contribution is 2.20. The first-order valence-electron chi connectivity index (χ1n) is 6.53. The molecule has 0 heterocycles. The van der Waals surface area contributed by atoms with E-state index >= 15 is 0 Å². The van der Waals surface area contributed by atoms with E-state index in [9.17, 15) is 14.3 Å². The maximum atomic E-state index is 13.5. The van der Waals surface area contributed by atoms with Crippen LogP contribution >= 0.6 is 11.6 Å². The van der Waals surface area contributed by atoms with Crippen LogP contribution in [0.3, 0.4) is 0 Å². The van der Waals surface area contributed by atoms with Crippen molar-refractivity contribution < 1.29 is 14.3 Å². The van der Waals surface area contributed by atoms with E-state index in [1.807, 2.05) is 13.8 Å². The standard InChI is InChI=1S/C15H19ClFNO2/c1-3-15(4-2,10-19)18-14(20)9-8-11-12(16)6-5-7-13(11)17/h5-9,19H,3-4,10H2,1-2H3,(H,18,20). The maximum Gasteiger partial charge on any atom is 0.244 e. The van der Waals surface area contributed by atoms with E-state index in [0.29, 0.717) is 12.8 Å². The zero-order valence-electron chi connectivity index (χ0n) is 11.6. The minimum absolute atomic E-state index is 0.139. The Balaban J connectivity index is 2.83. The predicted octanol–water partition coefficient (Wildman–Crippen LogP) is 3.16. The summed E-state index contributed by atoms with van der Waals surface area (Å²) in [6.07, 6.45) is 3.78. The van der Waals surface area contributed by atoms with E-state index in [4.69, 9.17) is 11.6 Å². The monoisotopic (exact) mass is 299 g/mol. The molecule has 0 spiro atoms. The quantitative estimate of drug-likeness (QED) is 0.793. The predicted molar refractivity (Wildman–Crippen MR) is 79.0 cm³/mol. The lowest BCUT2D eigenvalue weighted by atomic mass is 9.94. The average Bonchev–Trinajstić information content (AvgIpc) is 2.44. The number of halogens is 2.